The van der Waals surface area contributed by atoms with Crippen molar-refractivity contribution in [2.24, 2.45) is 5.92 Å². The Morgan fingerprint density at radius 1 is 0.358 bits per heavy atom. The SMILES string of the molecule is CCCCCCc1cc(CCCCCC)cc([Si](C2=C(C)C(C)=[C-]C2C)(c2cc(CCCCCC)cc(CCCCCC)c2)c2cc(CCCCCC)cc(CCCCCC)c2)c1.[Cl-].[Cl-].[Cl-].[Ti+4]. The van der Waals surface area contributed by atoms with Gasteiger partial charge in [-0.25, -0.2) is 11.1 Å². The largest absolute Gasteiger partial charge is 4.00 e. The Morgan fingerprint density at radius 3 is 0.761 bits per heavy atom. The zero-order chi connectivity index (χ0) is 45.3. The van der Waals surface area contributed by atoms with Crippen LogP contribution in [0.15, 0.2) is 70.9 Å². The molecule has 0 saturated carbocycles. The molecule has 0 fully saturated rings. The van der Waals surface area contributed by atoms with Crippen molar-refractivity contribution in [2.75, 3.05) is 0 Å². The van der Waals surface area contributed by atoms with Crippen molar-refractivity contribution in [1.29, 1.82) is 0 Å². The maximum atomic E-state index is 4.09. The second-order valence-electron chi connectivity index (χ2n) is 20.3. The molecule has 0 nitrogen and oxygen atoms in total. The molecule has 1 atom stereocenters. The molecule has 1 aliphatic carbocycles. The van der Waals surface area contributed by atoms with Gasteiger partial charge in [0.1, 0.15) is 0 Å². The first-order valence-electron chi connectivity index (χ1n) is 27.5. The van der Waals surface area contributed by atoms with Crippen LogP contribution in [-0.2, 0) is 60.2 Å². The van der Waals surface area contributed by atoms with E-state index >= 15 is 0 Å². The fraction of sp³-hybridized carbons (Fsp3) is 0.645. The summed E-state index contributed by atoms with van der Waals surface area (Å²) in [5.74, 6) is 0.292. The number of hydrogen-bond donors (Lipinski definition) is 0. The Hall–Kier alpha value is -1.06. The molecule has 0 N–H and O–H groups in total. The first-order valence-corrected chi connectivity index (χ1v) is 29.5. The Kier molecular flexibility index (Phi) is 37.1. The summed E-state index contributed by atoms with van der Waals surface area (Å²) in [6, 6.07) is 24.7. The van der Waals surface area contributed by atoms with Gasteiger partial charge in [-0.05, 0) is 126 Å². The van der Waals surface area contributed by atoms with E-state index in [1.807, 2.05) is 0 Å². The molecular weight excluding hydrogens is 927 g/mol. The van der Waals surface area contributed by atoms with Crippen LogP contribution in [0.1, 0.15) is 250 Å². The molecule has 1 unspecified atom stereocenters. The van der Waals surface area contributed by atoms with Crippen LogP contribution in [0.3, 0.4) is 0 Å². The topological polar surface area (TPSA) is 0 Å². The molecule has 5 heteroatoms. The number of hydrogen-bond acceptors (Lipinski definition) is 0. The first-order chi connectivity index (χ1) is 30.7. The number of halogens is 3. The van der Waals surface area contributed by atoms with E-state index in [-0.39, 0.29) is 58.9 Å². The van der Waals surface area contributed by atoms with E-state index in [0.717, 1.165) is 0 Å². The van der Waals surface area contributed by atoms with Crippen molar-refractivity contribution in [3.63, 3.8) is 0 Å². The minimum absolute atomic E-state index is 0. The molecule has 0 radical (unpaired) electrons. The molecule has 0 bridgehead atoms. The van der Waals surface area contributed by atoms with E-state index in [4.69, 9.17) is 0 Å². The fourth-order valence-corrected chi connectivity index (χ4v) is 16.8. The minimum Gasteiger partial charge on any atom is -1.00 e. The average Bonchev–Trinajstić information content (AvgIpc) is 3.54. The Balaban J connectivity index is 0.0000109. The summed E-state index contributed by atoms with van der Waals surface area (Å²) in [7, 11) is -2.88. The summed E-state index contributed by atoms with van der Waals surface area (Å²) in [6.45, 7) is 21.5. The van der Waals surface area contributed by atoms with E-state index in [0.29, 0.717) is 5.92 Å². The van der Waals surface area contributed by atoms with Crippen LogP contribution in [0.2, 0.25) is 0 Å². The third-order valence-electron chi connectivity index (χ3n) is 14.6. The van der Waals surface area contributed by atoms with Crippen LogP contribution < -0.4 is 52.8 Å². The number of allylic oxidation sites excluding steroid dienone is 4. The molecule has 0 aliphatic heterocycles. The molecule has 3 aromatic carbocycles. The van der Waals surface area contributed by atoms with Crippen molar-refractivity contribution in [1.82, 2.24) is 0 Å². The van der Waals surface area contributed by atoms with Crippen molar-refractivity contribution >= 4 is 23.6 Å². The fourth-order valence-electron chi connectivity index (χ4n) is 10.9. The first kappa shape index (κ1) is 65.9. The van der Waals surface area contributed by atoms with Crippen LogP contribution in [-0.4, -0.2) is 8.07 Å². The normalized spacial score (nSPS) is 13.4. The zero-order valence-corrected chi connectivity index (χ0v) is 49.4. The predicted octanol–water partition coefficient (Wildman–Crippen LogP) is 8.16. The van der Waals surface area contributed by atoms with Gasteiger partial charge in [-0.15, -0.1) is 6.92 Å². The minimum atomic E-state index is -2.88. The van der Waals surface area contributed by atoms with Crippen LogP contribution in [0, 0.1) is 12.0 Å². The van der Waals surface area contributed by atoms with E-state index in [2.05, 4.69) is 123 Å². The van der Waals surface area contributed by atoms with E-state index < -0.39 is 8.07 Å². The number of rotatable bonds is 34. The van der Waals surface area contributed by atoms with Gasteiger partial charge in [0, 0.05) is 0 Å². The zero-order valence-electron chi connectivity index (χ0n) is 44.6. The van der Waals surface area contributed by atoms with Gasteiger partial charge in [-0.1, -0.05) is 231 Å². The van der Waals surface area contributed by atoms with E-state index in [1.165, 1.54) is 204 Å². The van der Waals surface area contributed by atoms with Gasteiger partial charge in [0.15, 0.2) is 8.07 Å². The molecule has 1 aliphatic rings. The Bertz CT molecular complexity index is 1560. The Labute approximate surface area is 450 Å². The van der Waals surface area contributed by atoms with Crippen molar-refractivity contribution in [2.45, 2.75) is 255 Å². The van der Waals surface area contributed by atoms with Crippen LogP contribution in [0.4, 0.5) is 0 Å². The third-order valence-corrected chi connectivity index (χ3v) is 19.7. The second-order valence-corrected chi connectivity index (χ2v) is 24.0. The van der Waals surface area contributed by atoms with Crippen LogP contribution in [0.5, 0.6) is 0 Å². The summed E-state index contributed by atoms with van der Waals surface area (Å²) >= 11 is 0. The molecule has 374 valence electrons. The molecular formula is C62H97Cl3SiTi. The van der Waals surface area contributed by atoms with Gasteiger partial charge in [-0.2, -0.15) is 5.20 Å². The molecule has 4 rings (SSSR count). The standard InChI is InChI=1S/C62H97Si.3ClH.Ti/c1-10-16-22-28-34-53-41-54(35-29-23-17-11-2)45-59(44-53)63(62-51(8)40-50(7)52(62)9,60-46-55(36-30-24-18-12-3)42-56(47-60)37-31-25-19-13-4)61-48-57(38-32-26-20-14-5)43-58(49-61)39-33-27-21-15-6;;;;/h41-49,51H,10-39H2,1-9H3;3*1H;/q-1;;;;+4/p-3. The Morgan fingerprint density at radius 2 is 0.582 bits per heavy atom. The summed E-state index contributed by atoms with van der Waals surface area (Å²) in [5.41, 5.74) is 12.5. The van der Waals surface area contributed by atoms with Gasteiger partial charge < -0.3 is 37.2 Å². The van der Waals surface area contributed by atoms with Gasteiger partial charge in [0.25, 0.3) is 0 Å². The van der Waals surface area contributed by atoms with Gasteiger partial charge in [-0.3, -0.25) is 6.08 Å². The maximum Gasteiger partial charge on any atom is 4.00 e. The van der Waals surface area contributed by atoms with Gasteiger partial charge in [0.05, 0.1) is 0 Å². The molecule has 0 aromatic heterocycles. The van der Waals surface area contributed by atoms with Crippen molar-refractivity contribution in [3.8, 4) is 0 Å². The van der Waals surface area contributed by atoms with Crippen LogP contribution >= 0.6 is 0 Å². The monoisotopic (exact) mass is 1020 g/mol. The number of benzene rings is 3. The van der Waals surface area contributed by atoms with E-state index in [9.17, 15) is 0 Å². The summed E-state index contributed by atoms with van der Waals surface area (Å²) in [6.07, 6.45) is 42.7. The molecule has 0 spiro atoms. The van der Waals surface area contributed by atoms with Crippen molar-refractivity contribution in [3.05, 3.63) is 110 Å². The predicted molar refractivity (Wildman–Crippen MR) is 285 cm³/mol. The van der Waals surface area contributed by atoms with Gasteiger partial charge in [0.2, 0.25) is 0 Å². The summed E-state index contributed by atoms with van der Waals surface area (Å²) < 4.78 is 0. The molecule has 0 amide bonds. The average molecular weight is 1020 g/mol. The number of aryl methyl sites for hydroxylation is 6. The summed E-state index contributed by atoms with van der Waals surface area (Å²) in [4.78, 5) is 0. The van der Waals surface area contributed by atoms with Crippen molar-refractivity contribution < 1.29 is 58.9 Å². The smallest absolute Gasteiger partial charge is 1.00 e. The molecule has 3 aromatic rings. The molecule has 67 heavy (non-hydrogen) atoms. The molecule has 0 heterocycles. The summed E-state index contributed by atoms with van der Waals surface area (Å²) in [5, 5.41) is 6.72. The van der Waals surface area contributed by atoms with Gasteiger partial charge >= 0.3 is 21.7 Å². The quantitative estimate of drug-likeness (QED) is 0.0246. The maximum absolute atomic E-state index is 4.09. The second kappa shape index (κ2) is 37.7. The third kappa shape index (κ3) is 20.9. The van der Waals surface area contributed by atoms with Crippen LogP contribution in [0.25, 0.3) is 0 Å². The van der Waals surface area contributed by atoms with E-state index in [1.54, 1.807) is 54.1 Å². The number of unbranched alkanes of at least 4 members (excludes halogenated alkanes) is 18. The molecule has 0 saturated heterocycles.